The van der Waals surface area contributed by atoms with Gasteiger partial charge in [-0.1, -0.05) is 6.42 Å². The van der Waals surface area contributed by atoms with Crippen LogP contribution < -0.4 is 0 Å². The largest absolute Gasteiger partial charge is 0.327 e. The fourth-order valence-corrected chi connectivity index (χ4v) is 3.56. The summed E-state index contributed by atoms with van der Waals surface area (Å²) in [5.74, 6) is 0.566. The molecule has 2 rings (SSSR count). The summed E-state index contributed by atoms with van der Waals surface area (Å²) in [6, 6.07) is 0. The van der Waals surface area contributed by atoms with Crippen LogP contribution in [-0.4, -0.2) is 19.8 Å². The molecule has 1 saturated carbocycles. The molecule has 5 heteroatoms. The van der Waals surface area contributed by atoms with E-state index >= 15 is 0 Å². The van der Waals surface area contributed by atoms with Crippen molar-refractivity contribution in [3.8, 4) is 0 Å². The van der Waals surface area contributed by atoms with Crippen LogP contribution in [0.25, 0.3) is 0 Å². The first kappa shape index (κ1) is 9.10. The minimum atomic E-state index is -2.33. The van der Waals surface area contributed by atoms with Gasteiger partial charge < -0.3 is 13.6 Å². The van der Waals surface area contributed by atoms with Gasteiger partial charge in [-0.3, -0.25) is 0 Å². The fourth-order valence-electron chi connectivity index (χ4n) is 1.81. The lowest BCUT2D eigenvalue weighted by Gasteiger charge is -2.32. The lowest BCUT2D eigenvalue weighted by Crippen LogP contribution is -2.27. The van der Waals surface area contributed by atoms with E-state index in [1.54, 1.807) is 7.11 Å². The third-order valence-corrected chi connectivity index (χ3v) is 4.99. The van der Waals surface area contributed by atoms with E-state index in [9.17, 15) is 0 Å². The van der Waals surface area contributed by atoms with Crippen LogP contribution in [0.3, 0.4) is 0 Å². The predicted octanol–water partition coefficient (Wildman–Crippen LogP) is 2.07. The van der Waals surface area contributed by atoms with Gasteiger partial charge in [0.25, 0.3) is 0 Å². The zero-order valence-corrected chi connectivity index (χ0v) is 8.77. The molecular weight excluding hydrogens is 195 g/mol. The van der Waals surface area contributed by atoms with Crippen LogP contribution in [-0.2, 0) is 25.4 Å². The molecule has 2 fully saturated rings. The van der Waals surface area contributed by atoms with Gasteiger partial charge >= 0.3 is 6.72 Å². The number of hydrogen-bond donors (Lipinski definition) is 0. The van der Waals surface area contributed by atoms with Crippen molar-refractivity contribution in [3.05, 3.63) is 0 Å². The van der Waals surface area contributed by atoms with Crippen molar-refractivity contribution in [1.29, 1.82) is 0 Å². The van der Waals surface area contributed by atoms with Crippen LogP contribution >= 0.6 is 6.72 Å². The first-order valence-corrected chi connectivity index (χ1v) is 6.78. The minimum Gasteiger partial charge on any atom is -0.312 e. The van der Waals surface area contributed by atoms with E-state index in [1.165, 1.54) is 12.8 Å². The van der Waals surface area contributed by atoms with Crippen LogP contribution in [0.15, 0.2) is 0 Å². The Kier molecular flexibility index (Phi) is 2.54. The molecule has 0 spiro atoms. The van der Waals surface area contributed by atoms with Crippen molar-refractivity contribution < 1.29 is 13.6 Å². The van der Waals surface area contributed by atoms with E-state index < -0.39 is 6.72 Å². The molecule has 2 aliphatic rings. The zero-order valence-electron chi connectivity index (χ0n) is 7.06. The van der Waals surface area contributed by atoms with E-state index in [2.05, 4.69) is 0 Å². The monoisotopic (exact) mass is 208 g/mol. The molecule has 12 heavy (non-hydrogen) atoms. The second-order valence-corrected chi connectivity index (χ2v) is 6.33. The minimum absolute atomic E-state index is 0.310. The van der Waals surface area contributed by atoms with Gasteiger partial charge in [0.2, 0.25) is 0 Å². The molecular formula is C7H13O3PS. The van der Waals surface area contributed by atoms with Gasteiger partial charge in [-0.25, -0.2) is 0 Å². The van der Waals surface area contributed by atoms with Gasteiger partial charge in [0.05, 0.1) is 12.7 Å². The fraction of sp³-hybridized carbons (Fsp3) is 1.00. The third kappa shape index (κ3) is 1.59. The molecule has 1 aliphatic heterocycles. The topological polar surface area (TPSA) is 27.7 Å². The summed E-state index contributed by atoms with van der Waals surface area (Å²) in [7, 11) is 1.57. The van der Waals surface area contributed by atoms with E-state index in [1.807, 2.05) is 0 Å². The molecule has 70 valence electrons. The van der Waals surface area contributed by atoms with E-state index in [0.717, 1.165) is 13.0 Å². The molecule has 0 aromatic rings. The highest BCUT2D eigenvalue weighted by Crippen LogP contribution is 2.56. The smallest absolute Gasteiger partial charge is 0.312 e. The summed E-state index contributed by atoms with van der Waals surface area (Å²) in [6.07, 6.45) is 3.88. The highest BCUT2D eigenvalue weighted by molar-refractivity contribution is 8.07. The van der Waals surface area contributed by atoms with Crippen molar-refractivity contribution in [2.24, 2.45) is 5.92 Å². The SMILES string of the molecule is CO[P@@]1(=S)OC[C@H]2CCC[C@H]2O1. The Labute approximate surface area is 77.6 Å². The van der Waals surface area contributed by atoms with Gasteiger partial charge in [0.15, 0.2) is 0 Å². The van der Waals surface area contributed by atoms with Crippen molar-refractivity contribution in [2.45, 2.75) is 25.4 Å². The van der Waals surface area contributed by atoms with Crippen LogP contribution in [0.5, 0.6) is 0 Å². The van der Waals surface area contributed by atoms with Crippen molar-refractivity contribution in [2.75, 3.05) is 13.7 Å². The molecule has 0 unspecified atom stereocenters. The van der Waals surface area contributed by atoms with Crippen molar-refractivity contribution in [1.82, 2.24) is 0 Å². The molecule has 3 atom stereocenters. The Hall–Kier alpha value is 0.530. The van der Waals surface area contributed by atoms with Gasteiger partial charge in [0, 0.05) is 13.0 Å². The first-order chi connectivity index (χ1) is 5.73. The normalized spacial score (nSPS) is 47.4. The van der Waals surface area contributed by atoms with Crippen molar-refractivity contribution in [3.63, 3.8) is 0 Å². The lowest BCUT2D eigenvalue weighted by atomic mass is 10.1. The van der Waals surface area contributed by atoms with E-state index in [4.69, 9.17) is 25.4 Å². The first-order valence-electron chi connectivity index (χ1n) is 4.22. The van der Waals surface area contributed by atoms with Gasteiger partial charge in [-0.15, -0.1) is 0 Å². The van der Waals surface area contributed by atoms with Gasteiger partial charge in [-0.2, -0.15) is 0 Å². The summed E-state index contributed by atoms with van der Waals surface area (Å²) in [4.78, 5) is 0. The van der Waals surface area contributed by atoms with Crippen molar-refractivity contribution >= 4 is 18.5 Å². The molecule has 0 aromatic heterocycles. The standard InChI is InChI=1S/C7H13O3PS/c1-8-11(12)9-5-6-3-2-4-7(6)10-11/h6-7H,2-5H2,1H3/t6-,7-,11-/m1/s1. The second kappa shape index (κ2) is 3.35. The Morgan fingerprint density at radius 1 is 1.50 bits per heavy atom. The third-order valence-electron chi connectivity index (χ3n) is 2.52. The highest BCUT2D eigenvalue weighted by Gasteiger charge is 2.39. The summed E-state index contributed by atoms with van der Waals surface area (Å²) in [5, 5.41) is 0. The Bertz CT molecular complexity index is 221. The van der Waals surface area contributed by atoms with Crippen LogP contribution in [0.1, 0.15) is 19.3 Å². The molecule has 0 radical (unpaired) electrons. The Morgan fingerprint density at radius 2 is 2.33 bits per heavy atom. The molecule has 1 heterocycles. The molecule has 0 amide bonds. The summed E-state index contributed by atoms with van der Waals surface area (Å²) < 4.78 is 16.1. The Balaban J connectivity index is 2.05. The maximum atomic E-state index is 5.63. The average Bonchev–Trinajstić information content (AvgIpc) is 2.51. The number of rotatable bonds is 1. The summed E-state index contributed by atoms with van der Waals surface area (Å²) >= 11 is 5.12. The van der Waals surface area contributed by atoms with Crippen LogP contribution in [0, 0.1) is 5.92 Å². The number of hydrogen-bond acceptors (Lipinski definition) is 4. The maximum absolute atomic E-state index is 5.63. The van der Waals surface area contributed by atoms with E-state index in [0.29, 0.717) is 12.0 Å². The summed E-state index contributed by atoms with van der Waals surface area (Å²) in [6.45, 7) is -1.60. The van der Waals surface area contributed by atoms with Gasteiger partial charge in [0.1, 0.15) is 0 Å². The Morgan fingerprint density at radius 3 is 3.08 bits per heavy atom. The van der Waals surface area contributed by atoms with Crippen LogP contribution in [0.4, 0.5) is 0 Å². The average molecular weight is 208 g/mol. The van der Waals surface area contributed by atoms with Crippen LogP contribution in [0.2, 0.25) is 0 Å². The maximum Gasteiger partial charge on any atom is 0.327 e. The molecule has 3 nitrogen and oxygen atoms in total. The number of fused-ring (bicyclic) bond motifs is 1. The zero-order chi connectivity index (χ0) is 8.60. The lowest BCUT2D eigenvalue weighted by molar-refractivity contribution is 0.0344. The highest BCUT2D eigenvalue weighted by atomic mass is 32.5. The molecule has 0 bridgehead atoms. The summed E-state index contributed by atoms with van der Waals surface area (Å²) in [5.41, 5.74) is 0. The molecule has 1 saturated heterocycles. The predicted molar refractivity (Wildman–Crippen MR) is 49.5 cm³/mol. The van der Waals surface area contributed by atoms with E-state index in [-0.39, 0.29) is 0 Å². The quantitative estimate of drug-likeness (QED) is 0.616. The molecule has 0 aromatic carbocycles. The van der Waals surface area contributed by atoms with Gasteiger partial charge in [-0.05, 0) is 24.6 Å². The molecule has 0 N–H and O–H groups in total. The molecule has 1 aliphatic carbocycles. The second-order valence-electron chi connectivity index (χ2n) is 3.26.